The van der Waals surface area contributed by atoms with E-state index < -0.39 is 5.60 Å². The molecule has 1 unspecified atom stereocenters. The molecule has 5 rings (SSSR count). The molecular formula is C24H32N6O2. The standard InChI is InChI=1S/C24H32N6O2/c1-15-12-28(23(31)32-24(2,3)4)7-8-29(15)21-20-19(17-5-6-17)13-30(22(20)27-14-26-21)18-9-16(10-18)11-25/h13-18H,5-10,12H2,1-4H3. The number of nitrogens with zero attached hydrogens (tertiary/aromatic N) is 6. The van der Waals surface area contributed by atoms with Crippen LogP contribution in [-0.2, 0) is 4.74 Å². The van der Waals surface area contributed by atoms with E-state index in [9.17, 15) is 10.1 Å². The van der Waals surface area contributed by atoms with E-state index in [1.54, 1.807) is 11.2 Å². The summed E-state index contributed by atoms with van der Waals surface area (Å²) in [6.07, 6.45) is 7.91. The average molecular weight is 437 g/mol. The summed E-state index contributed by atoms with van der Waals surface area (Å²) in [4.78, 5) is 26.1. The van der Waals surface area contributed by atoms with E-state index in [0.29, 0.717) is 31.6 Å². The third kappa shape index (κ3) is 3.78. The Bertz CT molecular complexity index is 1070. The molecule has 2 aromatic rings. The minimum Gasteiger partial charge on any atom is -0.444 e. The van der Waals surface area contributed by atoms with Crippen molar-refractivity contribution in [2.24, 2.45) is 5.92 Å². The van der Waals surface area contributed by atoms with Gasteiger partial charge in [-0.1, -0.05) is 0 Å². The Balaban J connectivity index is 1.43. The lowest BCUT2D eigenvalue weighted by Crippen LogP contribution is -2.54. The van der Waals surface area contributed by atoms with Crippen LogP contribution in [0.4, 0.5) is 10.6 Å². The number of hydrogen-bond donors (Lipinski definition) is 0. The number of amides is 1. The Morgan fingerprint density at radius 2 is 1.97 bits per heavy atom. The molecule has 1 saturated heterocycles. The van der Waals surface area contributed by atoms with Crippen LogP contribution >= 0.6 is 0 Å². The summed E-state index contributed by atoms with van der Waals surface area (Å²) < 4.78 is 7.87. The van der Waals surface area contributed by atoms with Crippen molar-refractivity contribution in [3.8, 4) is 6.07 Å². The Morgan fingerprint density at radius 3 is 2.59 bits per heavy atom. The van der Waals surface area contributed by atoms with Gasteiger partial charge in [-0.3, -0.25) is 0 Å². The maximum Gasteiger partial charge on any atom is 0.410 e. The molecular weight excluding hydrogens is 404 g/mol. The summed E-state index contributed by atoms with van der Waals surface area (Å²) in [6, 6.07) is 2.86. The Labute approximate surface area is 189 Å². The van der Waals surface area contributed by atoms with E-state index in [4.69, 9.17) is 9.72 Å². The highest BCUT2D eigenvalue weighted by molar-refractivity contribution is 5.92. The van der Waals surface area contributed by atoms with Gasteiger partial charge in [0.25, 0.3) is 0 Å². The van der Waals surface area contributed by atoms with Crippen LogP contribution in [0, 0.1) is 17.2 Å². The first-order chi connectivity index (χ1) is 15.2. The maximum atomic E-state index is 12.6. The lowest BCUT2D eigenvalue weighted by molar-refractivity contribution is 0.0218. The van der Waals surface area contributed by atoms with Crippen LogP contribution in [0.15, 0.2) is 12.5 Å². The molecule has 1 amide bonds. The molecule has 0 N–H and O–H groups in total. The molecule has 2 aliphatic carbocycles. The molecule has 1 aliphatic heterocycles. The predicted octanol–water partition coefficient (Wildman–Crippen LogP) is 4.23. The monoisotopic (exact) mass is 436 g/mol. The van der Waals surface area contributed by atoms with Crippen molar-refractivity contribution in [2.45, 2.75) is 77.0 Å². The number of fused-ring (bicyclic) bond motifs is 1. The maximum absolute atomic E-state index is 12.6. The number of ether oxygens (including phenoxy) is 1. The van der Waals surface area contributed by atoms with E-state index in [2.05, 4.69) is 33.6 Å². The molecule has 3 heterocycles. The summed E-state index contributed by atoms with van der Waals surface area (Å²) in [5.41, 5.74) is 1.84. The molecule has 2 saturated carbocycles. The van der Waals surface area contributed by atoms with Crippen molar-refractivity contribution in [1.29, 1.82) is 5.26 Å². The van der Waals surface area contributed by atoms with Gasteiger partial charge in [-0.25, -0.2) is 14.8 Å². The Hall–Kier alpha value is -2.82. The molecule has 2 aromatic heterocycles. The van der Waals surface area contributed by atoms with Gasteiger partial charge in [0, 0.05) is 37.9 Å². The highest BCUT2D eigenvalue weighted by Crippen LogP contribution is 2.48. The van der Waals surface area contributed by atoms with Crippen LogP contribution in [0.2, 0.25) is 0 Å². The summed E-state index contributed by atoms with van der Waals surface area (Å²) in [6.45, 7) is 9.75. The molecule has 0 spiro atoms. The number of carbonyl (C=O) groups is 1. The van der Waals surface area contributed by atoms with E-state index >= 15 is 0 Å². The summed E-state index contributed by atoms with van der Waals surface area (Å²) in [7, 11) is 0. The van der Waals surface area contributed by atoms with Crippen molar-refractivity contribution < 1.29 is 9.53 Å². The zero-order valence-corrected chi connectivity index (χ0v) is 19.4. The van der Waals surface area contributed by atoms with Crippen molar-refractivity contribution in [3.05, 3.63) is 18.1 Å². The van der Waals surface area contributed by atoms with Gasteiger partial charge in [0.1, 0.15) is 23.4 Å². The molecule has 3 aliphatic rings. The molecule has 170 valence electrons. The van der Waals surface area contributed by atoms with Crippen LogP contribution in [0.3, 0.4) is 0 Å². The van der Waals surface area contributed by atoms with Crippen molar-refractivity contribution in [1.82, 2.24) is 19.4 Å². The first-order valence-corrected chi connectivity index (χ1v) is 11.7. The van der Waals surface area contributed by atoms with Gasteiger partial charge in [-0.05, 0) is 64.9 Å². The van der Waals surface area contributed by atoms with Crippen LogP contribution in [-0.4, -0.2) is 56.8 Å². The van der Waals surface area contributed by atoms with Gasteiger partial charge in [0.15, 0.2) is 0 Å². The van der Waals surface area contributed by atoms with Gasteiger partial charge in [-0.2, -0.15) is 5.26 Å². The molecule has 0 bridgehead atoms. The van der Waals surface area contributed by atoms with Gasteiger partial charge in [-0.15, -0.1) is 0 Å². The molecule has 0 aromatic carbocycles. The number of nitriles is 1. The number of rotatable bonds is 3. The lowest BCUT2D eigenvalue weighted by atomic mass is 9.81. The second-order valence-electron chi connectivity index (χ2n) is 10.6. The van der Waals surface area contributed by atoms with E-state index in [0.717, 1.165) is 29.7 Å². The minimum atomic E-state index is -0.496. The summed E-state index contributed by atoms with van der Waals surface area (Å²) >= 11 is 0. The van der Waals surface area contributed by atoms with Gasteiger partial charge in [0.05, 0.1) is 17.4 Å². The number of aromatic nitrogens is 3. The first kappa shape index (κ1) is 21.0. The predicted molar refractivity (Wildman–Crippen MR) is 121 cm³/mol. The highest BCUT2D eigenvalue weighted by Gasteiger charge is 2.37. The average Bonchev–Trinajstić information content (AvgIpc) is 3.47. The summed E-state index contributed by atoms with van der Waals surface area (Å²) in [5, 5.41) is 10.4. The van der Waals surface area contributed by atoms with Gasteiger partial charge in [0.2, 0.25) is 0 Å². The van der Waals surface area contributed by atoms with Gasteiger partial charge < -0.3 is 19.1 Å². The van der Waals surface area contributed by atoms with Gasteiger partial charge >= 0.3 is 6.09 Å². The smallest absolute Gasteiger partial charge is 0.410 e. The minimum absolute atomic E-state index is 0.122. The summed E-state index contributed by atoms with van der Waals surface area (Å²) in [5.74, 6) is 1.71. The van der Waals surface area contributed by atoms with Crippen LogP contribution < -0.4 is 4.90 Å². The molecule has 8 nitrogen and oxygen atoms in total. The highest BCUT2D eigenvalue weighted by atomic mass is 16.6. The molecule has 32 heavy (non-hydrogen) atoms. The lowest BCUT2D eigenvalue weighted by Gasteiger charge is -2.41. The topological polar surface area (TPSA) is 87.3 Å². The largest absolute Gasteiger partial charge is 0.444 e. The fraction of sp³-hybridized carbons (Fsp3) is 0.667. The second kappa shape index (κ2) is 7.65. The van der Waals surface area contributed by atoms with E-state index in [1.807, 2.05) is 20.8 Å². The van der Waals surface area contributed by atoms with Crippen LogP contribution in [0.1, 0.15) is 70.9 Å². The fourth-order valence-electron chi connectivity index (χ4n) is 4.98. The number of hydrogen-bond acceptors (Lipinski definition) is 6. The molecule has 0 radical (unpaired) electrons. The third-order valence-corrected chi connectivity index (χ3v) is 6.88. The second-order valence-corrected chi connectivity index (χ2v) is 10.6. The molecule has 8 heteroatoms. The SMILES string of the molecule is CC1CN(C(=O)OC(C)(C)C)CCN1c1ncnc2c1c(C1CC1)cn2C1CC(C#N)C1. The molecule has 3 fully saturated rings. The van der Waals surface area contributed by atoms with Crippen molar-refractivity contribution >= 4 is 22.9 Å². The zero-order valence-electron chi connectivity index (χ0n) is 19.4. The van der Waals surface area contributed by atoms with Crippen LogP contribution in [0.25, 0.3) is 11.0 Å². The van der Waals surface area contributed by atoms with Crippen molar-refractivity contribution in [3.63, 3.8) is 0 Å². The fourth-order valence-corrected chi connectivity index (χ4v) is 4.98. The molecule has 1 atom stereocenters. The van der Waals surface area contributed by atoms with Crippen LogP contribution in [0.5, 0.6) is 0 Å². The Kier molecular flexibility index (Phi) is 5.03. The zero-order chi connectivity index (χ0) is 22.6. The number of anilines is 1. The van der Waals surface area contributed by atoms with E-state index in [1.165, 1.54) is 18.4 Å². The third-order valence-electron chi connectivity index (χ3n) is 6.88. The number of carbonyl (C=O) groups excluding carboxylic acids is 1. The van der Waals surface area contributed by atoms with Crippen molar-refractivity contribution in [2.75, 3.05) is 24.5 Å². The Morgan fingerprint density at radius 1 is 1.22 bits per heavy atom. The normalized spacial score (nSPS) is 26.0. The quantitative estimate of drug-likeness (QED) is 0.716. The first-order valence-electron chi connectivity index (χ1n) is 11.7. The number of piperazine rings is 1. The van der Waals surface area contributed by atoms with E-state index in [-0.39, 0.29) is 18.1 Å².